The van der Waals surface area contributed by atoms with Crippen LogP contribution in [-0.2, 0) is 6.54 Å². The largest absolute Gasteiger partial charge is 0.487 e. The molecule has 1 amide bonds. The molecular formula is C26H32N2O5. The van der Waals surface area contributed by atoms with Crippen molar-refractivity contribution >= 4 is 16.9 Å². The van der Waals surface area contributed by atoms with Gasteiger partial charge in [0.2, 0.25) is 11.2 Å². The maximum atomic E-state index is 12.5. The lowest BCUT2D eigenvalue weighted by Crippen LogP contribution is -2.51. The van der Waals surface area contributed by atoms with E-state index in [2.05, 4.69) is 20.8 Å². The highest BCUT2D eigenvalue weighted by Gasteiger charge is 2.38. The highest BCUT2D eigenvalue weighted by Crippen LogP contribution is 2.35. The Morgan fingerprint density at radius 1 is 1.21 bits per heavy atom. The zero-order chi connectivity index (χ0) is 23.6. The summed E-state index contributed by atoms with van der Waals surface area (Å²) < 4.78 is 13.4. The third-order valence-electron chi connectivity index (χ3n) is 6.54. The molecule has 33 heavy (non-hydrogen) atoms. The minimum Gasteiger partial charge on any atom is -0.487 e. The molecule has 3 aromatic rings. The van der Waals surface area contributed by atoms with Crippen LogP contribution in [0.1, 0.15) is 45.8 Å². The summed E-state index contributed by atoms with van der Waals surface area (Å²) in [4.78, 5) is 25.7. The summed E-state index contributed by atoms with van der Waals surface area (Å²) in [6.07, 6.45) is 6.98. The second kappa shape index (κ2) is 9.33. The number of carbonyl (C=O) groups is 1. The number of fused-ring (bicyclic) bond motifs is 1. The van der Waals surface area contributed by atoms with Crippen molar-refractivity contribution < 1.29 is 19.1 Å². The van der Waals surface area contributed by atoms with Gasteiger partial charge >= 0.3 is 6.09 Å². The van der Waals surface area contributed by atoms with Crippen molar-refractivity contribution in [3.63, 3.8) is 0 Å². The number of piperidine rings is 1. The zero-order valence-corrected chi connectivity index (χ0v) is 19.5. The molecule has 1 aliphatic rings. The van der Waals surface area contributed by atoms with Crippen molar-refractivity contribution in [1.29, 1.82) is 0 Å². The predicted molar refractivity (Wildman–Crippen MR) is 127 cm³/mol. The monoisotopic (exact) mass is 452 g/mol. The van der Waals surface area contributed by atoms with Crippen molar-refractivity contribution in [3.8, 4) is 5.75 Å². The minimum absolute atomic E-state index is 0.0246. The second-order valence-electron chi connectivity index (χ2n) is 10.0. The smallest absolute Gasteiger partial charge is 0.407 e. The van der Waals surface area contributed by atoms with E-state index in [1.165, 1.54) is 12.3 Å². The Kier molecular flexibility index (Phi) is 6.49. The molecule has 7 heteroatoms. The van der Waals surface area contributed by atoms with Crippen LogP contribution in [0.15, 0.2) is 58.2 Å². The number of likely N-dealkylation sites (tertiary alicyclic amines) is 1. The van der Waals surface area contributed by atoms with Crippen LogP contribution in [0.3, 0.4) is 0 Å². The van der Waals surface area contributed by atoms with E-state index in [0.29, 0.717) is 31.4 Å². The first-order chi connectivity index (χ1) is 15.7. The van der Waals surface area contributed by atoms with Crippen LogP contribution in [0.25, 0.3) is 10.8 Å². The molecule has 2 unspecified atom stereocenters. The summed E-state index contributed by atoms with van der Waals surface area (Å²) in [6, 6.07) is 9.56. The van der Waals surface area contributed by atoms with E-state index in [0.717, 1.165) is 30.0 Å². The molecule has 176 valence electrons. The topological polar surface area (TPSA) is 84.9 Å². The third kappa shape index (κ3) is 5.41. The van der Waals surface area contributed by atoms with Gasteiger partial charge < -0.3 is 23.7 Å². The van der Waals surface area contributed by atoms with Crippen LogP contribution < -0.4 is 10.2 Å². The van der Waals surface area contributed by atoms with E-state index >= 15 is 0 Å². The Bertz CT molecular complexity index is 1140. The summed E-state index contributed by atoms with van der Waals surface area (Å²) in [6.45, 7) is 7.65. The quantitative estimate of drug-likeness (QED) is 0.554. The molecule has 7 nitrogen and oxygen atoms in total. The summed E-state index contributed by atoms with van der Waals surface area (Å²) in [5.74, 6) is 1.15. The SMILES string of the molecule is CC(C)(C)C1CC(CCOc2coc(Cn3cc4ccccc4c3)cc2=O)CCN1C(=O)O. The highest BCUT2D eigenvalue weighted by atomic mass is 16.5. The van der Waals surface area contributed by atoms with Crippen LogP contribution >= 0.6 is 0 Å². The Labute approximate surface area is 193 Å². The van der Waals surface area contributed by atoms with Crippen molar-refractivity contribution in [1.82, 2.24) is 9.47 Å². The highest BCUT2D eigenvalue weighted by molar-refractivity contribution is 5.82. The Morgan fingerprint density at radius 3 is 2.52 bits per heavy atom. The van der Waals surface area contributed by atoms with Gasteiger partial charge in [-0.3, -0.25) is 4.79 Å². The lowest BCUT2D eigenvalue weighted by molar-refractivity contribution is 0.0363. The first-order valence-electron chi connectivity index (χ1n) is 11.5. The fourth-order valence-corrected chi connectivity index (χ4v) is 4.72. The molecule has 1 aliphatic heterocycles. The molecule has 0 bridgehead atoms. The van der Waals surface area contributed by atoms with E-state index in [-0.39, 0.29) is 22.6 Å². The maximum Gasteiger partial charge on any atom is 0.407 e. The minimum atomic E-state index is -0.852. The van der Waals surface area contributed by atoms with Gasteiger partial charge in [-0.2, -0.15) is 0 Å². The van der Waals surface area contributed by atoms with E-state index in [9.17, 15) is 14.7 Å². The summed E-state index contributed by atoms with van der Waals surface area (Å²) in [5.41, 5.74) is -0.318. The molecule has 1 saturated heterocycles. The number of nitrogens with zero attached hydrogens (tertiary/aromatic N) is 2. The van der Waals surface area contributed by atoms with E-state index in [4.69, 9.17) is 9.15 Å². The molecule has 0 aliphatic carbocycles. The maximum absolute atomic E-state index is 12.5. The fraction of sp³-hybridized carbons (Fsp3) is 0.462. The molecule has 4 rings (SSSR count). The van der Waals surface area contributed by atoms with Crippen molar-refractivity contribution in [2.24, 2.45) is 11.3 Å². The Morgan fingerprint density at radius 2 is 1.91 bits per heavy atom. The molecule has 2 atom stereocenters. The van der Waals surface area contributed by atoms with Gasteiger partial charge in [0.05, 0.1) is 13.2 Å². The molecule has 3 heterocycles. The number of amides is 1. The van der Waals surface area contributed by atoms with E-state index < -0.39 is 6.09 Å². The standard InChI is InChI=1S/C26H32N2O5/c1-26(2,3)24-12-18(8-10-28(24)25(30)31)9-11-32-23-17-33-21(13-22(23)29)16-27-14-19-6-4-5-7-20(19)15-27/h4-7,13-15,17-18,24H,8-12,16H2,1-3H3,(H,30,31). The van der Waals surface area contributed by atoms with Crippen LogP contribution in [0.5, 0.6) is 5.75 Å². The molecular weight excluding hydrogens is 420 g/mol. The van der Waals surface area contributed by atoms with Gasteiger partial charge in [-0.1, -0.05) is 45.0 Å². The Balaban J connectivity index is 1.32. The predicted octanol–water partition coefficient (Wildman–Crippen LogP) is 5.22. The van der Waals surface area contributed by atoms with Gasteiger partial charge in [0.1, 0.15) is 12.0 Å². The fourth-order valence-electron chi connectivity index (χ4n) is 4.72. The first-order valence-corrected chi connectivity index (χ1v) is 11.5. The summed E-state index contributed by atoms with van der Waals surface area (Å²) >= 11 is 0. The van der Waals surface area contributed by atoms with Crippen molar-refractivity contribution in [3.05, 3.63) is 65.0 Å². The second-order valence-corrected chi connectivity index (χ2v) is 10.0. The average molecular weight is 453 g/mol. The van der Waals surface area contributed by atoms with Gasteiger partial charge in [-0.25, -0.2) is 4.79 Å². The summed E-state index contributed by atoms with van der Waals surface area (Å²) in [5, 5.41) is 11.8. The van der Waals surface area contributed by atoms with E-state index in [1.807, 2.05) is 41.2 Å². The number of ether oxygens (including phenoxy) is 1. The Hall–Kier alpha value is -3.22. The van der Waals surface area contributed by atoms with Gasteiger partial charge in [-0.05, 0) is 41.4 Å². The number of hydrogen-bond donors (Lipinski definition) is 1. The number of carboxylic acid groups (broad SMARTS) is 1. The van der Waals surface area contributed by atoms with Crippen molar-refractivity contribution in [2.75, 3.05) is 13.2 Å². The first kappa shape index (κ1) is 23.0. The van der Waals surface area contributed by atoms with Crippen LogP contribution in [0.2, 0.25) is 0 Å². The summed E-state index contributed by atoms with van der Waals surface area (Å²) in [7, 11) is 0. The molecule has 0 radical (unpaired) electrons. The number of benzene rings is 1. The number of hydrogen-bond acceptors (Lipinski definition) is 4. The molecule has 2 aromatic heterocycles. The van der Waals surface area contributed by atoms with Crippen LogP contribution in [0.4, 0.5) is 4.79 Å². The number of rotatable bonds is 6. The zero-order valence-electron chi connectivity index (χ0n) is 19.5. The normalized spacial score (nSPS) is 19.1. The third-order valence-corrected chi connectivity index (χ3v) is 6.54. The molecule has 1 N–H and O–H groups in total. The molecule has 1 fully saturated rings. The molecule has 1 aromatic carbocycles. The molecule has 0 spiro atoms. The molecule has 0 saturated carbocycles. The van der Waals surface area contributed by atoms with Crippen LogP contribution in [-0.4, -0.2) is 39.9 Å². The van der Waals surface area contributed by atoms with E-state index in [1.54, 1.807) is 4.90 Å². The number of aromatic nitrogens is 1. The van der Waals surface area contributed by atoms with Gasteiger partial charge in [0.25, 0.3) is 0 Å². The lowest BCUT2D eigenvalue weighted by atomic mass is 9.76. The average Bonchev–Trinajstić information content (AvgIpc) is 3.16. The van der Waals surface area contributed by atoms with Gasteiger partial charge in [0.15, 0.2) is 0 Å². The van der Waals surface area contributed by atoms with Gasteiger partial charge in [-0.15, -0.1) is 0 Å². The van der Waals surface area contributed by atoms with Crippen LogP contribution in [0, 0.1) is 11.3 Å². The van der Waals surface area contributed by atoms with Crippen molar-refractivity contribution in [2.45, 2.75) is 52.6 Å². The lowest BCUT2D eigenvalue weighted by Gasteiger charge is -2.44. The van der Waals surface area contributed by atoms with Gasteiger partial charge in [0, 0.05) is 31.0 Å².